The first-order valence-electron chi connectivity index (χ1n) is 12.2. The van der Waals surface area contributed by atoms with E-state index in [1.807, 2.05) is 0 Å². The van der Waals surface area contributed by atoms with E-state index in [0.29, 0.717) is 6.42 Å². The van der Waals surface area contributed by atoms with Crippen molar-refractivity contribution in [2.24, 2.45) is 5.73 Å². The number of esters is 2. The van der Waals surface area contributed by atoms with Gasteiger partial charge in [0.1, 0.15) is 6.61 Å². The summed E-state index contributed by atoms with van der Waals surface area (Å²) in [5.41, 5.74) is 4.47. The van der Waals surface area contributed by atoms with E-state index in [0.717, 1.165) is 19.3 Å². The van der Waals surface area contributed by atoms with Crippen LogP contribution in [0.25, 0.3) is 0 Å². The molecule has 2 N–H and O–H groups in total. The summed E-state index contributed by atoms with van der Waals surface area (Å²) in [6.07, 6.45) is 9.98. The van der Waals surface area contributed by atoms with Gasteiger partial charge >= 0.3 is 71.1 Å². The second kappa shape index (κ2) is 31.7. The molecule has 39 heavy (non-hydrogen) atoms. The van der Waals surface area contributed by atoms with E-state index in [-0.39, 0.29) is 78.6 Å². The van der Waals surface area contributed by atoms with Crippen molar-refractivity contribution in [2.45, 2.75) is 97.5 Å². The molecule has 0 unspecified atom stereocenters. The Kier molecular flexibility index (Phi) is 36.8. The second-order valence-corrected chi connectivity index (χ2v) is 9.02. The van der Waals surface area contributed by atoms with Crippen LogP contribution in [0.1, 0.15) is 98.5 Å². The maximum absolute atomic E-state index is 12.0. The zero-order valence-electron chi connectivity index (χ0n) is 24.0. The number of phosphoric ester groups is 1. The van der Waals surface area contributed by atoms with Crippen molar-refractivity contribution in [1.82, 2.24) is 0 Å². The zero-order valence-corrected chi connectivity index (χ0v) is 28.9. The quantitative estimate of drug-likeness (QED) is 0.0472. The topological polar surface area (TPSA) is 168 Å². The van der Waals surface area contributed by atoms with E-state index >= 15 is 0 Å². The summed E-state index contributed by atoms with van der Waals surface area (Å²) < 4.78 is 24.8. The average molecular weight is 596 g/mol. The third-order valence-electron chi connectivity index (χ3n) is 4.33. The molecule has 0 saturated heterocycles. The summed E-state index contributed by atoms with van der Waals surface area (Å²) in [5, 5.41) is 0. The first-order chi connectivity index (χ1) is 17.5. The summed E-state index contributed by atoms with van der Waals surface area (Å²) in [6.45, 7) is 3.83. The number of primary amides is 1. The summed E-state index contributed by atoms with van der Waals surface area (Å²) in [5.74, 6) is 12.1. The van der Waals surface area contributed by atoms with Gasteiger partial charge < -0.3 is 34.1 Å². The van der Waals surface area contributed by atoms with Gasteiger partial charge in [-0.25, -0.2) is 4.79 Å². The second-order valence-electron chi connectivity index (χ2n) is 7.87. The van der Waals surface area contributed by atoms with E-state index in [9.17, 15) is 28.7 Å². The fraction of sp³-hybridized carbons (Fsp3) is 0.654. The molecule has 0 radical (unpaired) electrons. The van der Waals surface area contributed by atoms with Crippen LogP contribution in [-0.2, 0) is 32.9 Å². The molecule has 0 rings (SSSR count). The minimum absolute atomic E-state index is 0. The minimum Gasteiger partial charge on any atom is -0.790 e. The predicted molar refractivity (Wildman–Crippen MR) is 145 cm³/mol. The van der Waals surface area contributed by atoms with Gasteiger partial charge in [-0.3, -0.25) is 9.59 Å². The standard InChI is InChI=1S/C24H35O8P.C2H5NO.2Na.5H2/c1-3-5-7-9-10-11-12-13-15-17-19-24(26)32-22(21-31-33(27,28)29)20-30-23(25)18-16-14-8-6-4-2;1-2(3)4;;;;;;;/h22H,3,5,7,9-13,15,17,19-21H2,1-2H3,(H2,27,28,29);1H3,(H2,3,4);;;5*1H/q;;2*+1;;;;;/p-2/t22-;;;;;;;;/m1......../s1. The van der Waals surface area contributed by atoms with Gasteiger partial charge in [-0.1, -0.05) is 70.6 Å². The number of rotatable bonds is 17. The van der Waals surface area contributed by atoms with Crippen LogP contribution in [0.15, 0.2) is 0 Å². The minimum atomic E-state index is -5.28. The van der Waals surface area contributed by atoms with Crippen molar-refractivity contribution in [3.05, 3.63) is 0 Å². The molecule has 0 aliphatic carbocycles. The molecule has 1 atom stereocenters. The average Bonchev–Trinajstić information content (AvgIpc) is 2.81. The van der Waals surface area contributed by atoms with Crippen LogP contribution >= 0.6 is 7.82 Å². The summed E-state index contributed by atoms with van der Waals surface area (Å²) in [6, 6.07) is 0. The van der Waals surface area contributed by atoms with Gasteiger partial charge in [-0.05, 0) is 37.0 Å². The van der Waals surface area contributed by atoms with Gasteiger partial charge in [0, 0.05) is 26.4 Å². The Morgan fingerprint density at radius 2 is 1.36 bits per heavy atom. The first kappa shape index (κ1) is 45.2. The first-order valence-corrected chi connectivity index (χ1v) is 13.7. The molecule has 0 aromatic rings. The van der Waals surface area contributed by atoms with Crippen molar-refractivity contribution < 1.29 is 109 Å². The SMILES string of the molecule is CC#CC#CC#CC(=O)OC[C@H](COP(=O)([O-])[O-])OC(=O)CCCCCCCCCCCC.CC(N)=O.[HH].[HH].[HH].[HH].[HH].[Na+].[Na+]. The summed E-state index contributed by atoms with van der Waals surface area (Å²) in [4.78, 5) is 54.3. The van der Waals surface area contributed by atoms with Crippen molar-refractivity contribution in [3.8, 4) is 35.5 Å². The zero-order chi connectivity index (χ0) is 28.4. The Bertz CT molecular complexity index is 924. The van der Waals surface area contributed by atoms with Crippen LogP contribution < -0.4 is 74.6 Å². The third kappa shape index (κ3) is 41.8. The van der Waals surface area contributed by atoms with Crippen molar-refractivity contribution >= 4 is 25.7 Å². The summed E-state index contributed by atoms with van der Waals surface area (Å²) >= 11 is 0. The van der Waals surface area contributed by atoms with Crippen LogP contribution in [0.4, 0.5) is 0 Å². The molecule has 0 heterocycles. The van der Waals surface area contributed by atoms with Gasteiger partial charge in [0.05, 0.1) is 14.4 Å². The Labute approximate surface area is 284 Å². The molecule has 0 aromatic heterocycles. The van der Waals surface area contributed by atoms with E-state index in [2.05, 4.69) is 52.7 Å². The molecule has 1 amide bonds. The maximum atomic E-state index is 12.0. The monoisotopic (exact) mass is 595 g/mol. The van der Waals surface area contributed by atoms with E-state index < -0.39 is 39.1 Å². The number of carbonyl (C=O) groups is 3. The maximum Gasteiger partial charge on any atom is 1.00 e. The number of amides is 1. The Hall–Kier alpha value is -0.800. The molecule has 0 fully saturated rings. The molecule has 0 bridgehead atoms. The molecule has 218 valence electrons. The Morgan fingerprint density at radius 1 is 0.872 bits per heavy atom. The molecule has 0 aliphatic heterocycles. The van der Waals surface area contributed by atoms with Crippen molar-refractivity contribution in [2.75, 3.05) is 13.2 Å². The normalized spacial score (nSPS) is 9.97. The van der Waals surface area contributed by atoms with E-state index in [4.69, 9.17) is 9.47 Å². The van der Waals surface area contributed by atoms with Gasteiger partial charge in [0.2, 0.25) is 5.91 Å². The number of phosphoric acid groups is 1. The number of carbonyl (C=O) groups excluding carboxylic acids is 3. The van der Waals surface area contributed by atoms with E-state index in [1.54, 1.807) is 6.92 Å². The fourth-order valence-corrected chi connectivity index (χ4v) is 3.05. The smallest absolute Gasteiger partial charge is 0.790 e. The molecule has 10 nitrogen and oxygen atoms in total. The molecular weight excluding hydrogens is 547 g/mol. The number of nitrogens with two attached hydrogens (primary N) is 1. The number of unbranched alkanes of at least 4 members (excludes halogenated alkanes) is 9. The van der Waals surface area contributed by atoms with Crippen LogP contribution in [0.2, 0.25) is 0 Å². The Balaban J connectivity index is -0.000000149. The van der Waals surface area contributed by atoms with Crippen LogP contribution in [0.5, 0.6) is 0 Å². The third-order valence-corrected chi connectivity index (χ3v) is 4.79. The Morgan fingerprint density at radius 3 is 1.85 bits per heavy atom. The van der Waals surface area contributed by atoms with Gasteiger partial charge in [0.15, 0.2) is 6.10 Å². The molecule has 0 aliphatic rings. The van der Waals surface area contributed by atoms with Crippen molar-refractivity contribution in [3.63, 3.8) is 0 Å². The number of hydrogen-bond acceptors (Lipinski definition) is 9. The van der Waals surface area contributed by atoms with Gasteiger partial charge in [-0.15, -0.1) is 0 Å². The molecule has 0 spiro atoms. The van der Waals surface area contributed by atoms with Crippen LogP contribution in [0.3, 0.4) is 0 Å². The predicted octanol–water partition coefficient (Wildman–Crippen LogP) is -2.64. The largest absolute Gasteiger partial charge is 1.00 e. The number of hydrogen-bond donors (Lipinski definition) is 1. The van der Waals surface area contributed by atoms with Crippen LogP contribution in [-0.4, -0.2) is 37.2 Å². The molecule has 0 saturated carbocycles. The van der Waals surface area contributed by atoms with Crippen molar-refractivity contribution in [1.29, 1.82) is 0 Å². The molecule has 0 aromatic carbocycles. The fourth-order valence-electron chi connectivity index (χ4n) is 2.70. The van der Waals surface area contributed by atoms with Crippen LogP contribution in [0, 0.1) is 35.5 Å². The van der Waals surface area contributed by atoms with Gasteiger partial charge in [0.25, 0.3) is 0 Å². The summed E-state index contributed by atoms with van der Waals surface area (Å²) in [7, 11) is -5.28. The number of ether oxygens (including phenoxy) is 2. The van der Waals surface area contributed by atoms with Gasteiger partial charge in [-0.2, -0.15) is 0 Å². The molecular formula is C26H48NNa2O9P. The van der Waals surface area contributed by atoms with E-state index in [1.165, 1.54) is 45.4 Å². The molecule has 13 heteroatoms.